The molecule has 1 aromatic rings. The van der Waals surface area contributed by atoms with E-state index in [1.807, 2.05) is 32.0 Å². The van der Waals surface area contributed by atoms with Crippen molar-refractivity contribution in [2.45, 2.75) is 19.9 Å². The van der Waals surface area contributed by atoms with Crippen LogP contribution in [0.3, 0.4) is 0 Å². The molecule has 0 bridgehead atoms. The maximum absolute atomic E-state index is 9.36. The number of ether oxygens (including phenoxy) is 2. The largest absolute Gasteiger partial charge is 0.493 e. The summed E-state index contributed by atoms with van der Waals surface area (Å²) in [6, 6.07) is 5.26. The van der Waals surface area contributed by atoms with Gasteiger partial charge in [0.1, 0.15) is 0 Å². The van der Waals surface area contributed by atoms with Crippen LogP contribution in [0.5, 0.6) is 11.5 Å². The summed E-state index contributed by atoms with van der Waals surface area (Å²) in [5.74, 6) is 1.28. The van der Waals surface area contributed by atoms with Crippen molar-refractivity contribution < 1.29 is 14.6 Å². The molecule has 0 unspecified atom stereocenters. The molecule has 0 amide bonds. The molecular weight excluding hydrogens is 254 g/mol. The highest BCUT2D eigenvalue weighted by Crippen LogP contribution is 2.40. The lowest BCUT2D eigenvalue weighted by Crippen LogP contribution is -2.32. The number of nitrogens with two attached hydrogens (primary N) is 1. The van der Waals surface area contributed by atoms with Gasteiger partial charge in [0.2, 0.25) is 0 Å². The first-order valence-corrected chi connectivity index (χ1v) is 5.55. The Morgan fingerprint density at radius 1 is 1.28 bits per heavy atom. The third-order valence-corrected chi connectivity index (χ3v) is 3.02. The zero-order chi connectivity index (χ0) is 13.1. The fourth-order valence-corrected chi connectivity index (χ4v) is 1.68. The van der Waals surface area contributed by atoms with Crippen LogP contribution in [0.1, 0.15) is 25.5 Å². The molecule has 1 aromatic carbocycles. The Morgan fingerprint density at radius 2 is 1.89 bits per heavy atom. The summed E-state index contributed by atoms with van der Waals surface area (Å²) < 4.78 is 10.6. The minimum Gasteiger partial charge on any atom is -0.493 e. The summed E-state index contributed by atoms with van der Waals surface area (Å²) in [6.07, 6.45) is 0. The topological polar surface area (TPSA) is 64.7 Å². The van der Waals surface area contributed by atoms with Gasteiger partial charge < -0.3 is 20.3 Å². The monoisotopic (exact) mass is 275 g/mol. The molecule has 0 aliphatic rings. The number of hydrogen-bond donors (Lipinski definition) is 2. The fourth-order valence-electron chi connectivity index (χ4n) is 1.68. The summed E-state index contributed by atoms with van der Waals surface area (Å²) >= 11 is 0. The van der Waals surface area contributed by atoms with Crippen molar-refractivity contribution in [2.24, 2.45) is 11.1 Å². The summed E-state index contributed by atoms with van der Waals surface area (Å²) in [7, 11) is 3.17. The van der Waals surface area contributed by atoms with E-state index in [1.54, 1.807) is 14.2 Å². The molecule has 5 heteroatoms. The lowest BCUT2D eigenvalue weighted by Gasteiger charge is -2.31. The van der Waals surface area contributed by atoms with E-state index in [2.05, 4.69) is 0 Å². The number of para-hydroxylation sites is 1. The van der Waals surface area contributed by atoms with Crippen LogP contribution in [0.25, 0.3) is 0 Å². The second-order valence-electron chi connectivity index (χ2n) is 4.71. The van der Waals surface area contributed by atoms with Crippen LogP contribution < -0.4 is 15.2 Å². The smallest absolute Gasteiger partial charge is 0.165 e. The van der Waals surface area contributed by atoms with E-state index in [9.17, 15) is 5.11 Å². The van der Waals surface area contributed by atoms with Gasteiger partial charge in [0.25, 0.3) is 0 Å². The van der Waals surface area contributed by atoms with E-state index >= 15 is 0 Å². The molecule has 104 valence electrons. The van der Waals surface area contributed by atoms with Gasteiger partial charge in [-0.2, -0.15) is 0 Å². The molecule has 4 nitrogen and oxygen atoms in total. The van der Waals surface area contributed by atoms with Crippen molar-refractivity contribution in [1.82, 2.24) is 0 Å². The first-order chi connectivity index (χ1) is 7.97. The predicted octanol–water partition coefficient (Wildman–Crippen LogP) is 2.14. The molecule has 0 saturated carbocycles. The summed E-state index contributed by atoms with van der Waals surface area (Å²) in [6.45, 7) is 3.84. The molecule has 0 fully saturated rings. The number of rotatable bonds is 5. The third-order valence-electron chi connectivity index (χ3n) is 3.02. The summed E-state index contributed by atoms with van der Waals surface area (Å²) in [5.41, 5.74) is 6.61. The second-order valence-corrected chi connectivity index (χ2v) is 4.71. The van der Waals surface area contributed by atoms with Gasteiger partial charge in [0.05, 0.1) is 14.2 Å². The van der Waals surface area contributed by atoms with Gasteiger partial charge >= 0.3 is 0 Å². The van der Waals surface area contributed by atoms with Crippen LogP contribution in [0.2, 0.25) is 0 Å². The lowest BCUT2D eigenvalue weighted by molar-refractivity contribution is 0.131. The Balaban J connectivity index is 0.00000289. The molecule has 0 heterocycles. The van der Waals surface area contributed by atoms with Gasteiger partial charge in [-0.15, -0.1) is 12.4 Å². The quantitative estimate of drug-likeness (QED) is 0.864. The molecule has 18 heavy (non-hydrogen) atoms. The molecule has 3 N–H and O–H groups in total. The van der Waals surface area contributed by atoms with Crippen molar-refractivity contribution in [2.75, 3.05) is 20.8 Å². The Hall–Kier alpha value is -0.970. The van der Waals surface area contributed by atoms with Crippen molar-refractivity contribution >= 4 is 12.4 Å². The third kappa shape index (κ3) is 3.28. The van der Waals surface area contributed by atoms with E-state index in [-0.39, 0.29) is 25.1 Å². The van der Waals surface area contributed by atoms with Crippen LogP contribution in [0.4, 0.5) is 0 Å². The highest BCUT2D eigenvalue weighted by atomic mass is 35.5. The minimum atomic E-state index is -0.417. The normalized spacial score (nSPS) is 12.6. The fraction of sp³-hybridized carbons (Fsp3) is 0.538. The molecule has 0 spiro atoms. The van der Waals surface area contributed by atoms with Crippen molar-refractivity contribution in [1.29, 1.82) is 0 Å². The first kappa shape index (κ1) is 17.0. The minimum absolute atomic E-state index is 0. The van der Waals surface area contributed by atoms with Crippen LogP contribution in [0, 0.1) is 5.41 Å². The SMILES string of the molecule is COc1cccc([C@@H](N)C(C)(C)CO)c1OC.Cl. The van der Waals surface area contributed by atoms with Crippen LogP contribution >= 0.6 is 12.4 Å². The number of halogens is 1. The second kappa shape index (κ2) is 6.83. The number of methoxy groups -OCH3 is 2. The maximum atomic E-state index is 9.36. The van der Waals surface area contributed by atoms with Gasteiger partial charge in [-0.05, 0) is 6.07 Å². The summed E-state index contributed by atoms with van der Waals surface area (Å²) in [4.78, 5) is 0. The Morgan fingerprint density at radius 3 is 2.33 bits per heavy atom. The Kier molecular flexibility index (Phi) is 6.46. The number of aliphatic hydroxyl groups excluding tert-OH is 1. The predicted molar refractivity (Wildman–Crippen MR) is 74.6 cm³/mol. The standard InChI is InChI=1S/C13H21NO3.ClH/c1-13(2,8-15)12(14)9-6-5-7-10(16-3)11(9)17-4;/h5-7,12,15H,8,14H2,1-4H3;1H/t12-;/m1./s1. The molecule has 0 radical (unpaired) electrons. The molecule has 1 atom stereocenters. The Bertz CT molecular complexity index is 382. The Labute approximate surface area is 115 Å². The highest BCUT2D eigenvalue weighted by molar-refractivity contribution is 5.85. The van der Waals surface area contributed by atoms with Crippen molar-refractivity contribution in [3.8, 4) is 11.5 Å². The van der Waals surface area contributed by atoms with Crippen molar-refractivity contribution in [3.63, 3.8) is 0 Å². The molecule has 0 aromatic heterocycles. The highest BCUT2D eigenvalue weighted by Gasteiger charge is 2.30. The van der Waals surface area contributed by atoms with E-state index < -0.39 is 5.41 Å². The number of aliphatic hydroxyl groups is 1. The van der Waals surface area contributed by atoms with Crippen LogP contribution in [-0.4, -0.2) is 25.9 Å². The van der Waals surface area contributed by atoms with Gasteiger partial charge in [-0.3, -0.25) is 0 Å². The summed E-state index contributed by atoms with van der Waals surface area (Å²) in [5, 5.41) is 9.36. The van der Waals surface area contributed by atoms with Gasteiger partial charge in [-0.25, -0.2) is 0 Å². The van der Waals surface area contributed by atoms with Crippen LogP contribution in [-0.2, 0) is 0 Å². The van der Waals surface area contributed by atoms with Crippen molar-refractivity contribution in [3.05, 3.63) is 23.8 Å². The maximum Gasteiger partial charge on any atom is 0.165 e. The van der Waals surface area contributed by atoms with Gasteiger partial charge in [-0.1, -0.05) is 26.0 Å². The molecule has 1 rings (SSSR count). The average molecular weight is 276 g/mol. The van der Waals surface area contributed by atoms with E-state index in [0.29, 0.717) is 11.5 Å². The zero-order valence-electron chi connectivity index (χ0n) is 11.3. The molecule has 0 saturated heterocycles. The van der Waals surface area contributed by atoms with Crippen LogP contribution in [0.15, 0.2) is 18.2 Å². The van der Waals surface area contributed by atoms with Gasteiger partial charge in [0, 0.05) is 23.6 Å². The van der Waals surface area contributed by atoms with E-state index in [1.165, 1.54) is 0 Å². The lowest BCUT2D eigenvalue weighted by atomic mass is 9.81. The molecular formula is C13H22ClNO3. The van der Waals surface area contributed by atoms with Gasteiger partial charge in [0.15, 0.2) is 11.5 Å². The van der Waals surface area contributed by atoms with E-state index in [4.69, 9.17) is 15.2 Å². The average Bonchev–Trinajstić information content (AvgIpc) is 2.36. The molecule has 0 aliphatic carbocycles. The zero-order valence-corrected chi connectivity index (χ0v) is 12.1. The first-order valence-electron chi connectivity index (χ1n) is 5.55. The number of hydrogen-bond acceptors (Lipinski definition) is 4. The molecule has 0 aliphatic heterocycles. The number of benzene rings is 1. The van der Waals surface area contributed by atoms with E-state index in [0.717, 1.165) is 5.56 Å².